The summed E-state index contributed by atoms with van der Waals surface area (Å²) < 4.78 is 1.46. The zero-order valence-corrected chi connectivity index (χ0v) is 17.0. The number of aromatic nitrogens is 2. The van der Waals surface area contributed by atoms with Crippen molar-refractivity contribution in [2.24, 2.45) is 11.5 Å². The van der Waals surface area contributed by atoms with Crippen molar-refractivity contribution in [2.45, 2.75) is 37.9 Å². The lowest BCUT2D eigenvalue weighted by atomic mass is 10.1. The Bertz CT molecular complexity index is 935. The molecule has 9 heteroatoms. The maximum Gasteiger partial charge on any atom is 0.354 e. The largest absolute Gasteiger partial charge is 0.354 e. The number of nitrogens with two attached hydrogens (primary N) is 2. The SMILES string of the molecule is NC1CCN(Cc2ccc(-n3ccc(NC(=O)N4CC[C@H](N)C4)nc3=O)cc2)CC1. The van der Waals surface area contributed by atoms with Crippen LogP contribution in [0.25, 0.3) is 5.69 Å². The number of anilines is 1. The maximum absolute atomic E-state index is 12.5. The molecule has 0 radical (unpaired) electrons. The monoisotopic (exact) mass is 411 g/mol. The number of nitrogens with one attached hydrogen (secondary N) is 1. The van der Waals surface area contributed by atoms with Crippen LogP contribution in [0.1, 0.15) is 24.8 Å². The summed E-state index contributed by atoms with van der Waals surface area (Å²) in [5.74, 6) is 0.238. The Morgan fingerprint density at radius 1 is 1.03 bits per heavy atom. The minimum absolute atomic E-state index is 0.00664. The quantitative estimate of drug-likeness (QED) is 0.681. The number of urea groups is 1. The molecule has 30 heavy (non-hydrogen) atoms. The number of carbonyl (C=O) groups is 1. The fraction of sp³-hybridized carbons (Fsp3) is 0.476. The van der Waals surface area contributed by atoms with E-state index < -0.39 is 5.69 Å². The number of nitrogens with zero attached hydrogens (tertiary/aromatic N) is 4. The topological polar surface area (TPSA) is 123 Å². The van der Waals surface area contributed by atoms with E-state index in [1.54, 1.807) is 17.2 Å². The highest BCUT2D eigenvalue weighted by Gasteiger charge is 2.24. The van der Waals surface area contributed by atoms with E-state index in [1.165, 1.54) is 10.1 Å². The zero-order chi connectivity index (χ0) is 21.1. The Morgan fingerprint density at radius 3 is 2.37 bits per heavy atom. The molecule has 0 spiro atoms. The smallest absolute Gasteiger partial charge is 0.328 e. The Labute approximate surface area is 175 Å². The van der Waals surface area contributed by atoms with Gasteiger partial charge >= 0.3 is 11.7 Å². The molecule has 2 aliphatic rings. The summed E-state index contributed by atoms with van der Waals surface area (Å²) in [5.41, 5.74) is 13.3. The molecular weight excluding hydrogens is 382 g/mol. The van der Waals surface area contributed by atoms with Crippen LogP contribution in [-0.4, -0.2) is 63.6 Å². The van der Waals surface area contributed by atoms with Crippen molar-refractivity contribution in [1.82, 2.24) is 19.4 Å². The lowest BCUT2D eigenvalue weighted by molar-refractivity contribution is 0.205. The molecule has 5 N–H and O–H groups in total. The van der Waals surface area contributed by atoms with Crippen molar-refractivity contribution in [3.8, 4) is 5.69 Å². The third-order valence-corrected chi connectivity index (χ3v) is 5.80. The number of hydrogen-bond donors (Lipinski definition) is 3. The highest BCUT2D eigenvalue weighted by molar-refractivity contribution is 5.88. The summed E-state index contributed by atoms with van der Waals surface area (Å²) >= 11 is 0. The lowest BCUT2D eigenvalue weighted by Gasteiger charge is -2.30. The molecule has 0 unspecified atom stereocenters. The molecule has 2 aliphatic heterocycles. The average molecular weight is 412 g/mol. The number of carbonyl (C=O) groups excluding carboxylic acids is 1. The van der Waals surface area contributed by atoms with E-state index in [0.29, 0.717) is 19.1 Å². The second-order valence-corrected chi connectivity index (χ2v) is 8.17. The molecule has 2 aromatic rings. The van der Waals surface area contributed by atoms with E-state index in [9.17, 15) is 9.59 Å². The van der Waals surface area contributed by atoms with Gasteiger partial charge in [-0.25, -0.2) is 9.59 Å². The van der Waals surface area contributed by atoms with Gasteiger partial charge in [0, 0.05) is 37.9 Å². The molecular formula is C21H29N7O2. The Hall–Kier alpha value is -2.75. The molecule has 4 rings (SSSR count). The van der Waals surface area contributed by atoms with E-state index in [4.69, 9.17) is 11.5 Å². The van der Waals surface area contributed by atoms with E-state index >= 15 is 0 Å². The third-order valence-electron chi connectivity index (χ3n) is 5.80. The van der Waals surface area contributed by atoms with Crippen molar-refractivity contribution in [2.75, 3.05) is 31.5 Å². The molecule has 1 atom stereocenters. The molecule has 2 saturated heterocycles. The van der Waals surface area contributed by atoms with Crippen LogP contribution in [0.15, 0.2) is 41.3 Å². The van der Waals surface area contributed by atoms with Crippen LogP contribution in [0.4, 0.5) is 10.6 Å². The molecule has 1 aromatic heterocycles. The Kier molecular flexibility index (Phi) is 6.12. The van der Waals surface area contributed by atoms with Gasteiger partial charge in [0.15, 0.2) is 0 Å². The van der Waals surface area contributed by atoms with Crippen LogP contribution >= 0.6 is 0 Å². The third kappa shape index (κ3) is 4.86. The number of hydrogen-bond acceptors (Lipinski definition) is 6. The Morgan fingerprint density at radius 2 is 1.73 bits per heavy atom. The number of piperidine rings is 1. The van der Waals surface area contributed by atoms with Gasteiger partial charge in [-0.1, -0.05) is 12.1 Å². The molecule has 0 saturated carbocycles. The highest BCUT2D eigenvalue weighted by Crippen LogP contribution is 2.15. The molecule has 1 aromatic carbocycles. The number of rotatable bonds is 4. The van der Waals surface area contributed by atoms with Gasteiger partial charge in [-0.15, -0.1) is 0 Å². The zero-order valence-electron chi connectivity index (χ0n) is 17.0. The minimum atomic E-state index is -0.441. The summed E-state index contributed by atoms with van der Waals surface area (Å²) in [6, 6.07) is 9.56. The first-order chi connectivity index (χ1) is 14.5. The summed E-state index contributed by atoms with van der Waals surface area (Å²) in [6.45, 7) is 4.04. The molecule has 9 nitrogen and oxygen atoms in total. The second kappa shape index (κ2) is 8.95. The summed E-state index contributed by atoms with van der Waals surface area (Å²) in [7, 11) is 0. The molecule has 160 valence electrons. The second-order valence-electron chi connectivity index (χ2n) is 8.17. The molecule has 0 bridgehead atoms. The minimum Gasteiger partial charge on any atom is -0.328 e. The lowest BCUT2D eigenvalue weighted by Crippen LogP contribution is -2.39. The van der Waals surface area contributed by atoms with Crippen molar-refractivity contribution in [1.29, 1.82) is 0 Å². The van der Waals surface area contributed by atoms with Crippen LogP contribution in [0.3, 0.4) is 0 Å². The van der Waals surface area contributed by atoms with Crippen LogP contribution < -0.4 is 22.5 Å². The maximum atomic E-state index is 12.5. The van der Waals surface area contributed by atoms with Gasteiger partial charge in [0.05, 0.1) is 5.69 Å². The van der Waals surface area contributed by atoms with Gasteiger partial charge in [-0.05, 0) is 56.1 Å². The number of benzene rings is 1. The summed E-state index contributed by atoms with van der Waals surface area (Å²) in [5, 5.41) is 2.67. The van der Waals surface area contributed by atoms with Crippen LogP contribution in [0.5, 0.6) is 0 Å². The highest BCUT2D eigenvalue weighted by atomic mass is 16.2. The fourth-order valence-corrected chi connectivity index (χ4v) is 3.96. The number of amides is 2. The van der Waals surface area contributed by atoms with Gasteiger partial charge in [-0.3, -0.25) is 14.8 Å². The van der Waals surface area contributed by atoms with Gasteiger partial charge in [0.1, 0.15) is 5.82 Å². The van der Waals surface area contributed by atoms with E-state index in [0.717, 1.165) is 44.6 Å². The molecule has 0 aliphatic carbocycles. The van der Waals surface area contributed by atoms with Crippen molar-refractivity contribution >= 4 is 11.8 Å². The molecule has 2 fully saturated rings. The van der Waals surface area contributed by atoms with Gasteiger partial charge in [0.2, 0.25) is 0 Å². The van der Waals surface area contributed by atoms with E-state index in [-0.39, 0.29) is 17.9 Å². The normalized spacial score (nSPS) is 20.5. The van der Waals surface area contributed by atoms with Crippen molar-refractivity contribution in [3.05, 3.63) is 52.6 Å². The van der Waals surface area contributed by atoms with Crippen molar-refractivity contribution in [3.63, 3.8) is 0 Å². The first-order valence-corrected chi connectivity index (χ1v) is 10.5. The van der Waals surface area contributed by atoms with Crippen LogP contribution in [0.2, 0.25) is 0 Å². The first kappa shape index (κ1) is 20.5. The van der Waals surface area contributed by atoms with Crippen molar-refractivity contribution < 1.29 is 4.79 Å². The van der Waals surface area contributed by atoms with Gasteiger partial charge < -0.3 is 16.4 Å². The predicted molar refractivity (Wildman–Crippen MR) is 116 cm³/mol. The van der Waals surface area contributed by atoms with E-state index in [2.05, 4.69) is 15.2 Å². The van der Waals surface area contributed by atoms with Crippen LogP contribution in [-0.2, 0) is 6.54 Å². The first-order valence-electron chi connectivity index (χ1n) is 10.5. The Balaban J connectivity index is 1.39. The fourth-order valence-electron chi connectivity index (χ4n) is 3.96. The predicted octanol–water partition coefficient (Wildman–Crippen LogP) is 0.721. The average Bonchev–Trinajstić information content (AvgIpc) is 3.17. The van der Waals surface area contributed by atoms with Gasteiger partial charge in [-0.2, -0.15) is 4.98 Å². The van der Waals surface area contributed by atoms with E-state index in [1.807, 2.05) is 24.3 Å². The van der Waals surface area contributed by atoms with Gasteiger partial charge in [0.25, 0.3) is 0 Å². The summed E-state index contributed by atoms with van der Waals surface area (Å²) in [6.07, 6.45) is 4.48. The standard InChI is InChI=1S/C21H29N7O2/c22-16-5-9-26(10-6-16)13-15-1-3-18(4-2-15)28-12-8-19(25-21(28)30)24-20(29)27-11-7-17(23)14-27/h1-4,8,12,16-17H,5-7,9-11,13-14,22-23H2,(H,24,25,29,30)/t17-/m0/s1. The van der Waals surface area contributed by atoms with Crippen LogP contribution in [0, 0.1) is 0 Å². The summed E-state index contributed by atoms with van der Waals surface area (Å²) in [4.78, 5) is 32.8. The number of likely N-dealkylation sites (tertiary alicyclic amines) is 2. The molecule has 2 amide bonds. The molecule has 3 heterocycles.